The summed E-state index contributed by atoms with van der Waals surface area (Å²) in [7, 11) is 0. The quantitative estimate of drug-likeness (QED) is 0.434. The van der Waals surface area contributed by atoms with Crippen LogP contribution in [-0.2, 0) is 13.2 Å². The average Bonchev–Trinajstić information content (AvgIpc) is 2.68. The molecule has 0 atom stereocenters. The van der Waals surface area contributed by atoms with Crippen molar-refractivity contribution in [3.63, 3.8) is 0 Å². The summed E-state index contributed by atoms with van der Waals surface area (Å²) in [6, 6.07) is 19.5. The highest BCUT2D eigenvalue weighted by Crippen LogP contribution is 2.34. The molecule has 3 aromatic rings. The molecule has 1 N–H and O–H groups in total. The van der Waals surface area contributed by atoms with Gasteiger partial charge in [-0.3, -0.25) is 0 Å². The highest BCUT2D eigenvalue weighted by atomic mass is 35.5. The van der Waals surface area contributed by atoms with Crippen LogP contribution in [0.5, 0.6) is 11.5 Å². The van der Waals surface area contributed by atoms with E-state index in [1.165, 1.54) is 5.56 Å². The molecule has 0 saturated heterocycles. The Balaban J connectivity index is 1.74. The molecule has 0 saturated carbocycles. The van der Waals surface area contributed by atoms with Crippen molar-refractivity contribution < 1.29 is 9.47 Å². The van der Waals surface area contributed by atoms with Crippen molar-refractivity contribution in [2.24, 2.45) is 0 Å². The van der Waals surface area contributed by atoms with Crippen molar-refractivity contribution in [1.29, 1.82) is 0 Å². The maximum absolute atomic E-state index is 6.50. The van der Waals surface area contributed by atoms with E-state index in [1.807, 2.05) is 55.5 Å². The number of rotatable bonds is 8. The lowest BCUT2D eigenvalue weighted by atomic mass is 10.1. The van der Waals surface area contributed by atoms with Crippen LogP contribution in [0.3, 0.4) is 0 Å². The van der Waals surface area contributed by atoms with Crippen LogP contribution in [-0.4, -0.2) is 6.61 Å². The normalized spacial score (nSPS) is 10.6. The van der Waals surface area contributed by atoms with Gasteiger partial charge in [0, 0.05) is 28.3 Å². The fourth-order valence-electron chi connectivity index (χ4n) is 2.82. The Morgan fingerprint density at radius 1 is 0.893 bits per heavy atom. The van der Waals surface area contributed by atoms with Crippen molar-refractivity contribution in [2.75, 3.05) is 11.9 Å². The Hall–Kier alpha value is -2.36. The molecular formula is C23H23Cl2NO2. The zero-order valence-corrected chi connectivity index (χ0v) is 17.5. The molecule has 0 amide bonds. The van der Waals surface area contributed by atoms with Gasteiger partial charge in [-0.25, -0.2) is 0 Å². The first-order chi connectivity index (χ1) is 13.5. The maximum atomic E-state index is 6.50. The summed E-state index contributed by atoms with van der Waals surface area (Å²) in [6.45, 7) is 5.59. The minimum atomic E-state index is 0.459. The molecule has 5 heteroatoms. The molecule has 0 spiro atoms. The number of hydrogen-bond donors (Lipinski definition) is 1. The highest BCUT2D eigenvalue weighted by molar-refractivity contribution is 6.31. The molecule has 0 aliphatic carbocycles. The van der Waals surface area contributed by atoms with Gasteiger partial charge in [0.25, 0.3) is 0 Å². The molecule has 3 aromatic carbocycles. The molecule has 0 radical (unpaired) electrons. The van der Waals surface area contributed by atoms with E-state index in [4.69, 9.17) is 32.7 Å². The fourth-order valence-corrected chi connectivity index (χ4v) is 3.17. The first kappa shape index (κ1) is 20.4. The predicted molar refractivity (Wildman–Crippen MR) is 117 cm³/mol. The molecule has 0 aromatic heterocycles. The first-order valence-electron chi connectivity index (χ1n) is 9.18. The monoisotopic (exact) mass is 415 g/mol. The minimum absolute atomic E-state index is 0.459. The largest absolute Gasteiger partial charge is 0.490 e. The molecule has 0 unspecified atom stereocenters. The average molecular weight is 416 g/mol. The molecule has 3 rings (SSSR count). The highest BCUT2D eigenvalue weighted by Gasteiger charge is 2.12. The summed E-state index contributed by atoms with van der Waals surface area (Å²) >= 11 is 12.4. The lowest BCUT2D eigenvalue weighted by Gasteiger charge is -2.16. The topological polar surface area (TPSA) is 30.5 Å². The van der Waals surface area contributed by atoms with Crippen LogP contribution in [0.15, 0.2) is 60.7 Å². The molecule has 3 nitrogen and oxygen atoms in total. The second-order valence-corrected chi connectivity index (χ2v) is 7.31. The van der Waals surface area contributed by atoms with Gasteiger partial charge >= 0.3 is 0 Å². The van der Waals surface area contributed by atoms with Crippen LogP contribution in [0.25, 0.3) is 0 Å². The molecule has 0 heterocycles. The predicted octanol–water partition coefficient (Wildman–Crippen LogP) is 6.89. The third-order valence-electron chi connectivity index (χ3n) is 4.22. The van der Waals surface area contributed by atoms with Gasteiger partial charge in [-0.05, 0) is 55.3 Å². The number of halogens is 2. The van der Waals surface area contributed by atoms with Gasteiger partial charge in [0.05, 0.1) is 6.61 Å². The first-order valence-corrected chi connectivity index (χ1v) is 9.93. The number of hydrogen-bond acceptors (Lipinski definition) is 3. The van der Waals surface area contributed by atoms with Gasteiger partial charge in [-0.15, -0.1) is 0 Å². The zero-order chi connectivity index (χ0) is 19.9. The maximum Gasteiger partial charge on any atom is 0.163 e. The molecule has 0 fully saturated rings. The summed E-state index contributed by atoms with van der Waals surface area (Å²) in [5.41, 5.74) is 4.21. The molecule has 0 aliphatic rings. The van der Waals surface area contributed by atoms with E-state index < -0.39 is 0 Å². The zero-order valence-electron chi connectivity index (χ0n) is 16.0. The minimum Gasteiger partial charge on any atom is -0.490 e. The number of anilines is 1. The number of nitrogens with one attached hydrogen (secondary N) is 1. The Morgan fingerprint density at radius 3 is 2.36 bits per heavy atom. The Morgan fingerprint density at radius 2 is 1.64 bits per heavy atom. The van der Waals surface area contributed by atoms with E-state index >= 15 is 0 Å². The van der Waals surface area contributed by atoms with Crippen molar-refractivity contribution in [3.05, 3.63) is 87.4 Å². The van der Waals surface area contributed by atoms with E-state index in [0.717, 1.165) is 16.8 Å². The van der Waals surface area contributed by atoms with Gasteiger partial charge in [0.15, 0.2) is 11.5 Å². The summed E-state index contributed by atoms with van der Waals surface area (Å²) in [4.78, 5) is 0. The number of benzene rings is 3. The molecule has 0 bridgehead atoms. The number of aryl methyl sites for hydroxylation is 1. The Kier molecular flexibility index (Phi) is 7.07. The third-order valence-corrected chi connectivity index (χ3v) is 4.82. The van der Waals surface area contributed by atoms with Crippen molar-refractivity contribution >= 4 is 28.9 Å². The van der Waals surface area contributed by atoms with Gasteiger partial charge in [-0.2, -0.15) is 0 Å². The van der Waals surface area contributed by atoms with E-state index in [0.29, 0.717) is 41.3 Å². The van der Waals surface area contributed by atoms with Crippen molar-refractivity contribution in [3.8, 4) is 11.5 Å². The van der Waals surface area contributed by atoms with E-state index in [1.54, 1.807) is 0 Å². The Labute approximate surface area is 176 Å². The smallest absolute Gasteiger partial charge is 0.163 e. The SMILES string of the molecule is CCOc1cc(CNc2ccc(Cl)cc2)c(Cl)cc1OCc1cccc(C)c1. The lowest BCUT2D eigenvalue weighted by molar-refractivity contribution is 0.269. The van der Waals surface area contributed by atoms with Crippen LogP contribution in [0.2, 0.25) is 10.0 Å². The van der Waals surface area contributed by atoms with Crippen LogP contribution in [0.1, 0.15) is 23.6 Å². The van der Waals surface area contributed by atoms with E-state index in [-0.39, 0.29) is 0 Å². The molecular weight excluding hydrogens is 393 g/mol. The van der Waals surface area contributed by atoms with Gasteiger partial charge in [-0.1, -0.05) is 53.0 Å². The van der Waals surface area contributed by atoms with E-state index in [2.05, 4.69) is 24.4 Å². The molecule has 0 aliphatic heterocycles. The fraction of sp³-hybridized carbons (Fsp3) is 0.217. The van der Waals surface area contributed by atoms with Crippen molar-refractivity contribution in [2.45, 2.75) is 27.0 Å². The van der Waals surface area contributed by atoms with Crippen molar-refractivity contribution in [1.82, 2.24) is 0 Å². The summed E-state index contributed by atoms with van der Waals surface area (Å²) in [5.74, 6) is 1.33. The van der Waals surface area contributed by atoms with Gasteiger partial charge in [0.2, 0.25) is 0 Å². The standard InChI is InChI=1S/C23H23Cl2NO2/c1-3-27-22-12-18(14-26-20-9-7-19(24)8-10-20)21(25)13-23(22)28-15-17-6-4-5-16(2)11-17/h4-13,26H,3,14-15H2,1-2H3. The second-order valence-electron chi connectivity index (χ2n) is 6.46. The lowest BCUT2D eigenvalue weighted by Crippen LogP contribution is -2.04. The van der Waals surface area contributed by atoms with Gasteiger partial charge in [0.1, 0.15) is 6.61 Å². The van der Waals surface area contributed by atoms with Crippen LogP contribution in [0, 0.1) is 6.92 Å². The third kappa shape index (κ3) is 5.57. The summed E-state index contributed by atoms with van der Waals surface area (Å²) in [5, 5.41) is 4.68. The van der Waals surface area contributed by atoms with Crippen LogP contribution >= 0.6 is 23.2 Å². The summed E-state index contributed by atoms with van der Waals surface area (Å²) in [6.07, 6.45) is 0. The Bertz CT molecular complexity index is 926. The molecule has 28 heavy (non-hydrogen) atoms. The summed E-state index contributed by atoms with van der Waals surface area (Å²) < 4.78 is 11.8. The second kappa shape index (κ2) is 9.72. The molecule has 146 valence electrons. The number of ether oxygens (including phenoxy) is 2. The van der Waals surface area contributed by atoms with E-state index in [9.17, 15) is 0 Å². The van der Waals surface area contributed by atoms with Crippen LogP contribution < -0.4 is 14.8 Å². The van der Waals surface area contributed by atoms with Crippen LogP contribution in [0.4, 0.5) is 5.69 Å². The van der Waals surface area contributed by atoms with Gasteiger partial charge < -0.3 is 14.8 Å².